The molecule has 0 saturated heterocycles. The van der Waals surface area contributed by atoms with Crippen LogP contribution in [0.1, 0.15) is 77.2 Å². The van der Waals surface area contributed by atoms with E-state index < -0.39 is 11.6 Å². The van der Waals surface area contributed by atoms with Crippen molar-refractivity contribution >= 4 is 5.97 Å². The van der Waals surface area contributed by atoms with Crippen LogP contribution in [0.2, 0.25) is 0 Å². The third kappa shape index (κ3) is 9.34. The number of aromatic nitrogens is 1. The van der Waals surface area contributed by atoms with Gasteiger partial charge < -0.3 is 19.3 Å². The number of aryl methyl sites for hydroxylation is 1. The number of ether oxygens (including phenoxy) is 2. The molecule has 1 N–H and O–H groups in total. The Hall–Kier alpha value is -1.40. The number of methoxy groups -OCH3 is 1. The second-order valence-corrected chi connectivity index (χ2v) is 7.20. The number of hydrogen-bond donors (Lipinski definition) is 1. The summed E-state index contributed by atoms with van der Waals surface area (Å²) >= 11 is 0. The van der Waals surface area contributed by atoms with E-state index in [4.69, 9.17) is 14.0 Å². The molecule has 0 radical (unpaired) electrons. The van der Waals surface area contributed by atoms with Gasteiger partial charge in [-0.3, -0.25) is 0 Å². The molecule has 1 aromatic heterocycles. The number of hydrogen-bond acceptors (Lipinski definition) is 6. The highest BCUT2D eigenvalue weighted by atomic mass is 16.6. The van der Waals surface area contributed by atoms with Gasteiger partial charge in [0.05, 0.1) is 12.8 Å². The van der Waals surface area contributed by atoms with Crippen molar-refractivity contribution in [3.63, 3.8) is 0 Å². The smallest absolute Gasteiger partial charge is 0.337 e. The van der Waals surface area contributed by atoms with Gasteiger partial charge in [0.2, 0.25) is 0 Å². The minimum absolute atomic E-state index is 0.203. The van der Waals surface area contributed by atoms with E-state index in [0.29, 0.717) is 5.76 Å². The van der Waals surface area contributed by atoms with E-state index in [0.717, 1.165) is 38.0 Å². The fourth-order valence-corrected chi connectivity index (χ4v) is 2.63. The van der Waals surface area contributed by atoms with Crippen LogP contribution in [-0.4, -0.2) is 36.9 Å². The molecule has 6 heteroatoms. The summed E-state index contributed by atoms with van der Waals surface area (Å²) < 4.78 is 15.6. The molecule has 26 heavy (non-hydrogen) atoms. The third-order valence-electron chi connectivity index (χ3n) is 4.35. The van der Waals surface area contributed by atoms with E-state index in [9.17, 15) is 4.79 Å². The molecular formula is C20H36N2O4. The van der Waals surface area contributed by atoms with Crippen LogP contribution in [0.15, 0.2) is 10.6 Å². The number of nitrogens with zero attached hydrogens (tertiary/aromatic N) is 1. The lowest BCUT2D eigenvalue weighted by molar-refractivity contribution is -0.167. The quantitative estimate of drug-likeness (QED) is 0.372. The Morgan fingerprint density at radius 1 is 1.15 bits per heavy atom. The molecule has 0 bridgehead atoms. The molecule has 0 aliphatic rings. The number of esters is 1. The Morgan fingerprint density at radius 2 is 1.85 bits per heavy atom. The van der Waals surface area contributed by atoms with Gasteiger partial charge in [0.15, 0.2) is 11.4 Å². The molecule has 0 unspecified atom stereocenters. The molecule has 6 nitrogen and oxygen atoms in total. The normalized spacial score (nSPS) is 11.7. The predicted molar refractivity (Wildman–Crippen MR) is 102 cm³/mol. The monoisotopic (exact) mass is 368 g/mol. The van der Waals surface area contributed by atoms with Crippen LogP contribution in [0, 0.1) is 0 Å². The van der Waals surface area contributed by atoms with Crippen molar-refractivity contribution in [2.75, 3.05) is 20.2 Å². The summed E-state index contributed by atoms with van der Waals surface area (Å²) in [6, 6.07) is 1.90. The lowest BCUT2D eigenvalue weighted by Crippen LogP contribution is -2.35. The van der Waals surface area contributed by atoms with Gasteiger partial charge in [-0.2, -0.15) is 0 Å². The molecule has 0 fully saturated rings. The van der Waals surface area contributed by atoms with Gasteiger partial charge >= 0.3 is 5.97 Å². The minimum Gasteiger partial charge on any atom is -0.467 e. The average molecular weight is 369 g/mol. The van der Waals surface area contributed by atoms with E-state index in [-0.39, 0.29) is 6.61 Å². The Kier molecular flexibility index (Phi) is 11.2. The third-order valence-corrected chi connectivity index (χ3v) is 4.35. The highest BCUT2D eigenvalue weighted by molar-refractivity contribution is 5.78. The van der Waals surface area contributed by atoms with Crippen LogP contribution < -0.4 is 5.32 Å². The molecule has 0 amide bonds. The van der Waals surface area contributed by atoms with Crippen LogP contribution >= 0.6 is 0 Å². The first kappa shape index (κ1) is 22.6. The lowest BCUT2D eigenvalue weighted by Gasteiger charge is -2.21. The maximum absolute atomic E-state index is 11.6. The van der Waals surface area contributed by atoms with Crippen molar-refractivity contribution in [1.29, 1.82) is 0 Å². The van der Waals surface area contributed by atoms with Crippen LogP contribution in [0.25, 0.3) is 0 Å². The highest BCUT2D eigenvalue weighted by Crippen LogP contribution is 2.16. The van der Waals surface area contributed by atoms with Crippen LogP contribution in [0.4, 0.5) is 0 Å². The molecule has 0 aliphatic heterocycles. The summed E-state index contributed by atoms with van der Waals surface area (Å²) in [5.74, 6) is 0.220. The number of unbranched alkanes of at least 4 members (excludes halogenated alkanes) is 5. The van der Waals surface area contributed by atoms with E-state index in [1.54, 1.807) is 13.8 Å². The molecule has 0 spiro atoms. The molecule has 0 saturated carbocycles. The summed E-state index contributed by atoms with van der Waals surface area (Å²) in [6.45, 7) is 7.96. The second kappa shape index (κ2) is 12.9. The average Bonchev–Trinajstić information content (AvgIpc) is 3.09. The van der Waals surface area contributed by atoms with Gasteiger partial charge in [0.1, 0.15) is 6.61 Å². The van der Waals surface area contributed by atoms with Gasteiger partial charge in [-0.1, -0.05) is 37.8 Å². The first-order valence-corrected chi connectivity index (χ1v) is 9.87. The molecule has 1 heterocycles. The molecule has 1 aromatic rings. The van der Waals surface area contributed by atoms with E-state index in [2.05, 4.69) is 17.4 Å². The zero-order valence-corrected chi connectivity index (χ0v) is 16.9. The molecule has 0 aliphatic carbocycles. The van der Waals surface area contributed by atoms with Gasteiger partial charge in [-0.15, -0.1) is 0 Å². The van der Waals surface area contributed by atoms with Crippen LogP contribution in [-0.2, 0) is 27.3 Å². The zero-order chi connectivity index (χ0) is 19.3. The van der Waals surface area contributed by atoms with Crippen molar-refractivity contribution in [2.45, 2.75) is 84.3 Å². The summed E-state index contributed by atoms with van der Waals surface area (Å²) in [5, 5.41) is 7.57. The molecule has 0 atom stereocenters. The van der Waals surface area contributed by atoms with Gasteiger partial charge in [0, 0.05) is 6.07 Å². The largest absolute Gasteiger partial charge is 0.467 e. The van der Waals surface area contributed by atoms with Crippen molar-refractivity contribution in [3.05, 3.63) is 17.5 Å². The maximum Gasteiger partial charge on any atom is 0.337 e. The molecular weight excluding hydrogens is 332 g/mol. The first-order valence-electron chi connectivity index (χ1n) is 9.87. The number of carbonyl (C=O) groups is 1. The van der Waals surface area contributed by atoms with Gasteiger partial charge in [-0.25, -0.2) is 4.79 Å². The van der Waals surface area contributed by atoms with Crippen LogP contribution in [0.3, 0.4) is 0 Å². The SMILES string of the molecule is CCCCCCCNCCCCc1cc(COC(C)(C)C(=O)OC)on1. The Labute approximate surface area is 158 Å². The first-order chi connectivity index (χ1) is 12.5. The molecule has 0 aromatic carbocycles. The van der Waals surface area contributed by atoms with Crippen molar-refractivity contribution in [2.24, 2.45) is 0 Å². The second-order valence-electron chi connectivity index (χ2n) is 7.20. The highest BCUT2D eigenvalue weighted by Gasteiger charge is 2.30. The van der Waals surface area contributed by atoms with Crippen molar-refractivity contribution in [3.8, 4) is 0 Å². The van der Waals surface area contributed by atoms with Gasteiger partial charge in [-0.05, 0) is 52.6 Å². The fourth-order valence-electron chi connectivity index (χ4n) is 2.63. The van der Waals surface area contributed by atoms with Crippen LogP contribution in [0.5, 0.6) is 0 Å². The van der Waals surface area contributed by atoms with E-state index in [1.165, 1.54) is 39.2 Å². The summed E-state index contributed by atoms with van der Waals surface area (Å²) in [6.07, 6.45) is 9.70. The minimum atomic E-state index is -0.996. The lowest BCUT2D eigenvalue weighted by atomic mass is 10.1. The number of carbonyl (C=O) groups excluding carboxylic acids is 1. The number of nitrogens with one attached hydrogen (secondary N) is 1. The predicted octanol–water partition coefficient (Wildman–Crippen LogP) is 4.03. The Bertz CT molecular complexity index is 500. The number of rotatable bonds is 15. The van der Waals surface area contributed by atoms with Crippen molar-refractivity contribution in [1.82, 2.24) is 10.5 Å². The summed E-state index contributed by atoms with van der Waals surface area (Å²) in [4.78, 5) is 11.6. The molecule has 1 rings (SSSR count). The fraction of sp³-hybridized carbons (Fsp3) is 0.800. The Balaban J connectivity index is 2.10. The standard InChI is InChI=1S/C20H36N2O4/c1-5-6-7-8-10-13-21-14-11-9-12-17-15-18(26-22-17)16-25-20(2,3)19(23)24-4/h15,21H,5-14,16H2,1-4H3. The summed E-state index contributed by atoms with van der Waals surface area (Å²) in [5.41, 5.74) is -0.0665. The zero-order valence-electron chi connectivity index (χ0n) is 16.9. The van der Waals surface area contributed by atoms with E-state index in [1.807, 2.05) is 6.07 Å². The Morgan fingerprint density at radius 3 is 2.54 bits per heavy atom. The van der Waals surface area contributed by atoms with Gasteiger partial charge in [0.25, 0.3) is 0 Å². The topological polar surface area (TPSA) is 73.6 Å². The molecule has 150 valence electrons. The van der Waals surface area contributed by atoms with E-state index >= 15 is 0 Å². The maximum atomic E-state index is 11.6. The van der Waals surface area contributed by atoms with Crippen molar-refractivity contribution < 1.29 is 18.8 Å². The summed E-state index contributed by atoms with van der Waals surface area (Å²) in [7, 11) is 1.35.